The summed E-state index contributed by atoms with van der Waals surface area (Å²) >= 11 is 0. The molecule has 0 amide bonds. The zero-order valence-corrected chi connectivity index (χ0v) is 20.9. The zero-order chi connectivity index (χ0) is 18.3. The van der Waals surface area contributed by atoms with Crippen LogP contribution in [0.4, 0.5) is 0 Å². The van der Waals surface area contributed by atoms with E-state index in [0.29, 0.717) is 5.73 Å². The summed E-state index contributed by atoms with van der Waals surface area (Å²) < 4.78 is 13.7. The van der Waals surface area contributed by atoms with Crippen LogP contribution in [-0.2, 0) is 8.85 Å². The number of unbranched alkanes of at least 4 members (excludes halogenated alkanes) is 1. The van der Waals surface area contributed by atoms with E-state index in [2.05, 4.69) is 67.0 Å². The van der Waals surface area contributed by atoms with Crippen LogP contribution < -0.4 is 0 Å². The Morgan fingerprint density at radius 2 is 1.48 bits per heavy atom. The van der Waals surface area contributed by atoms with Gasteiger partial charge in [0.15, 0.2) is 8.32 Å². The van der Waals surface area contributed by atoms with E-state index in [0.717, 1.165) is 19.3 Å². The van der Waals surface area contributed by atoms with E-state index >= 15 is 0 Å². The molecule has 0 aromatic carbocycles. The third-order valence-corrected chi connectivity index (χ3v) is 14.5. The van der Waals surface area contributed by atoms with E-state index in [4.69, 9.17) is 8.85 Å². The second kappa shape index (κ2) is 9.90. The molecule has 0 spiro atoms. The van der Waals surface area contributed by atoms with Crippen molar-refractivity contribution in [1.82, 2.24) is 0 Å². The summed E-state index contributed by atoms with van der Waals surface area (Å²) in [5.74, 6) is 0. The van der Waals surface area contributed by atoms with E-state index in [-0.39, 0.29) is 5.22 Å². The molecule has 0 aromatic rings. The van der Waals surface area contributed by atoms with Crippen molar-refractivity contribution in [3.63, 3.8) is 0 Å². The lowest BCUT2D eigenvalue weighted by molar-refractivity contribution is 0.104. The van der Waals surface area contributed by atoms with Crippen molar-refractivity contribution in [1.29, 1.82) is 0 Å². The molecular formula is C18H44O2Si3. The summed E-state index contributed by atoms with van der Waals surface area (Å²) in [4.78, 5) is 0. The Morgan fingerprint density at radius 1 is 0.957 bits per heavy atom. The topological polar surface area (TPSA) is 18.5 Å². The maximum atomic E-state index is 6.99. The van der Waals surface area contributed by atoms with Crippen LogP contribution in [0.5, 0.6) is 0 Å². The molecule has 140 valence electrons. The Hall–Kier alpha value is 0.571. The Kier molecular flexibility index (Phi) is 10.1. The van der Waals surface area contributed by atoms with Gasteiger partial charge < -0.3 is 8.85 Å². The Labute approximate surface area is 150 Å². The molecular weight excluding hydrogens is 332 g/mol. The SMILES string of the molecule is CCCC[Si](C)(C)OC(CC)[Si](C)(C)OC(CC)(CC)[SiH](C)C. The molecule has 0 saturated carbocycles. The van der Waals surface area contributed by atoms with Gasteiger partial charge in [-0.3, -0.25) is 0 Å². The van der Waals surface area contributed by atoms with Crippen LogP contribution in [0.1, 0.15) is 59.8 Å². The molecule has 5 heteroatoms. The van der Waals surface area contributed by atoms with Gasteiger partial charge in [0.2, 0.25) is 8.32 Å². The van der Waals surface area contributed by atoms with E-state index in [9.17, 15) is 0 Å². The minimum atomic E-state index is -1.87. The summed E-state index contributed by atoms with van der Waals surface area (Å²) in [6.07, 6.45) is 5.95. The van der Waals surface area contributed by atoms with Gasteiger partial charge in [0.25, 0.3) is 0 Å². The molecule has 0 radical (unpaired) electrons. The molecule has 0 aliphatic carbocycles. The zero-order valence-electron chi connectivity index (χ0n) is 17.7. The maximum absolute atomic E-state index is 6.99. The third-order valence-electron chi connectivity index (χ3n) is 5.46. The summed E-state index contributed by atoms with van der Waals surface area (Å²) in [7, 11) is -4.33. The molecule has 0 heterocycles. The van der Waals surface area contributed by atoms with Crippen LogP contribution >= 0.6 is 0 Å². The second-order valence-electron chi connectivity index (χ2n) is 8.51. The first-order valence-electron chi connectivity index (χ1n) is 9.88. The van der Waals surface area contributed by atoms with Gasteiger partial charge in [0, 0.05) is 5.22 Å². The highest BCUT2D eigenvalue weighted by atomic mass is 28.4. The van der Waals surface area contributed by atoms with Gasteiger partial charge in [-0.25, -0.2) is 0 Å². The van der Waals surface area contributed by atoms with E-state index < -0.39 is 25.4 Å². The van der Waals surface area contributed by atoms with Crippen molar-refractivity contribution in [2.24, 2.45) is 0 Å². The largest absolute Gasteiger partial charge is 0.415 e. The van der Waals surface area contributed by atoms with Gasteiger partial charge in [-0.2, -0.15) is 0 Å². The van der Waals surface area contributed by atoms with Crippen LogP contribution in [0.2, 0.25) is 45.3 Å². The highest BCUT2D eigenvalue weighted by Crippen LogP contribution is 2.33. The van der Waals surface area contributed by atoms with Gasteiger partial charge in [-0.15, -0.1) is 0 Å². The van der Waals surface area contributed by atoms with E-state index in [1.165, 1.54) is 18.9 Å². The van der Waals surface area contributed by atoms with Crippen molar-refractivity contribution < 1.29 is 8.85 Å². The van der Waals surface area contributed by atoms with Crippen molar-refractivity contribution in [3.8, 4) is 0 Å². The standard InChI is InChI=1S/C18H44O2Si3/c1-11-15-16-22(7,8)19-17(12-2)23(9,10)20-18(13-3,14-4)21(5)6/h17,21H,11-16H2,1-10H3. The van der Waals surface area contributed by atoms with Crippen LogP contribution in [0.3, 0.4) is 0 Å². The molecule has 0 bridgehead atoms. The fourth-order valence-corrected chi connectivity index (χ4v) is 14.0. The maximum Gasteiger partial charge on any atom is 0.213 e. The van der Waals surface area contributed by atoms with E-state index in [1.807, 2.05) is 0 Å². The molecule has 0 saturated heterocycles. The molecule has 2 nitrogen and oxygen atoms in total. The first-order chi connectivity index (χ1) is 10.5. The number of hydrogen-bond acceptors (Lipinski definition) is 2. The molecule has 1 atom stereocenters. The van der Waals surface area contributed by atoms with Crippen molar-refractivity contribution in [2.45, 2.75) is 116 Å². The number of rotatable bonds is 12. The van der Waals surface area contributed by atoms with Crippen LogP contribution in [-0.4, -0.2) is 36.4 Å². The third kappa shape index (κ3) is 7.14. The number of hydrogen-bond donors (Lipinski definition) is 0. The molecule has 0 aliphatic heterocycles. The summed E-state index contributed by atoms with van der Waals surface area (Å²) in [6.45, 7) is 23.6. The van der Waals surface area contributed by atoms with Crippen LogP contribution in [0, 0.1) is 0 Å². The van der Waals surface area contributed by atoms with E-state index in [1.54, 1.807) is 0 Å². The van der Waals surface area contributed by atoms with Gasteiger partial charge in [0.05, 0.1) is 14.5 Å². The predicted octanol–water partition coefficient (Wildman–Crippen LogP) is 6.13. The lowest BCUT2D eigenvalue weighted by Gasteiger charge is -2.46. The summed E-state index contributed by atoms with van der Waals surface area (Å²) in [5, 5.41) is 0.154. The molecule has 1 unspecified atom stereocenters. The smallest absolute Gasteiger partial charge is 0.213 e. The Morgan fingerprint density at radius 3 is 1.83 bits per heavy atom. The molecule has 0 N–H and O–H groups in total. The highest BCUT2D eigenvalue weighted by Gasteiger charge is 2.44. The second-order valence-corrected chi connectivity index (χ2v) is 20.2. The quantitative estimate of drug-likeness (QED) is 0.381. The monoisotopic (exact) mass is 376 g/mol. The first-order valence-corrected chi connectivity index (χ1v) is 18.9. The fraction of sp³-hybridized carbons (Fsp3) is 1.00. The molecule has 0 fully saturated rings. The minimum absolute atomic E-state index is 0.154. The first kappa shape index (κ1) is 23.6. The van der Waals surface area contributed by atoms with Gasteiger partial charge in [0.1, 0.15) is 0 Å². The lowest BCUT2D eigenvalue weighted by atomic mass is 10.2. The Bertz CT molecular complexity index is 326. The van der Waals surface area contributed by atoms with Crippen LogP contribution in [0.25, 0.3) is 0 Å². The van der Waals surface area contributed by atoms with Gasteiger partial charge in [-0.1, -0.05) is 53.6 Å². The average Bonchev–Trinajstić information content (AvgIpc) is 2.48. The summed E-state index contributed by atoms with van der Waals surface area (Å²) in [5.41, 5.74) is 0.339. The van der Waals surface area contributed by atoms with Crippen molar-refractivity contribution >= 4 is 25.4 Å². The molecule has 0 rings (SSSR count). The highest BCUT2D eigenvalue weighted by molar-refractivity contribution is 6.76. The normalized spacial score (nSPS) is 15.3. The van der Waals surface area contributed by atoms with Gasteiger partial charge in [-0.05, 0) is 51.5 Å². The summed E-state index contributed by atoms with van der Waals surface area (Å²) in [6, 6.07) is 1.27. The van der Waals surface area contributed by atoms with Gasteiger partial charge >= 0.3 is 0 Å². The molecule has 23 heavy (non-hydrogen) atoms. The molecule has 0 aliphatic rings. The van der Waals surface area contributed by atoms with Crippen LogP contribution in [0.15, 0.2) is 0 Å². The predicted molar refractivity (Wildman–Crippen MR) is 113 cm³/mol. The Balaban J connectivity index is 5.18. The molecule has 0 aromatic heterocycles. The average molecular weight is 377 g/mol. The fourth-order valence-electron chi connectivity index (χ4n) is 3.68. The van der Waals surface area contributed by atoms with Crippen molar-refractivity contribution in [2.75, 3.05) is 0 Å². The minimum Gasteiger partial charge on any atom is -0.415 e. The van der Waals surface area contributed by atoms with Crippen molar-refractivity contribution in [3.05, 3.63) is 0 Å². The lowest BCUT2D eigenvalue weighted by Crippen LogP contribution is -2.58.